The summed E-state index contributed by atoms with van der Waals surface area (Å²) in [5.41, 5.74) is 0. The Morgan fingerprint density at radius 3 is 2.43 bits per heavy atom. The van der Waals surface area contributed by atoms with E-state index in [1.165, 1.54) is 0 Å². The molecule has 0 radical (unpaired) electrons. The Balaban J connectivity index is 3.43. The second-order valence-electron chi connectivity index (χ2n) is 3.83. The molecule has 0 aromatic heterocycles. The van der Waals surface area contributed by atoms with Crippen molar-refractivity contribution in [2.24, 2.45) is 5.92 Å². The zero-order valence-electron chi connectivity index (χ0n) is 9.59. The Morgan fingerprint density at radius 2 is 1.93 bits per heavy atom. The van der Waals surface area contributed by atoms with Crippen molar-refractivity contribution >= 4 is 5.91 Å². The van der Waals surface area contributed by atoms with Gasteiger partial charge in [-0.3, -0.25) is 4.79 Å². The van der Waals surface area contributed by atoms with Gasteiger partial charge in [0.15, 0.2) is 0 Å². The van der Waals surface area contributed by atoms with Crippen molar-refractivity contribution < 1.29 is 9.53 Å². The molecule has 0 saturated heterocycles. The monoisotopic (exact) mass is 202 g/mol. The van der Waals surface area contributed by atoms with Crippen molar-refractivity contribution in [2.45, 2.75) is 26.9 Å². The number of ether oxygens (including phenoxy) is 1. The molecule has 1 atom stereocenters. The first-order valence-corrected chi connectivity index (χ1v) is 5.09. The largest absolute Gasteiger partial charge is 0.369 e. The molecule has 0 aliphatic rings. The van der Waals surface area contributed by atoms with E-state index in [0.717, 1.165) is 6.54 Å². The lowest BCUT2D eigenvalue weighted by Gasteiger charge is -2.12. The van der Waals surface area contributed by atoms with E-state index in [1.807, 2.05) is 20.9 Å². The van der Waals surface area contributed by atoms with E-state index in [1.54, 1.807) is 0 Å². The molecule has 0 fully saturated rings. The predicted octanol–water partition coefficient (Wildman–Crippen LogP) is 0.383. The first kappa shape index (κ1) is 13.4. The summed E-state index contributed by atoms with van der Waals surface area (Å²) in [6.45, 7) is 7.67. The van der Waals surface area contributed by atoms with Crippen LogP contribution in [0.15, 0.2) is 0 Å². The van der Waals surface area contributed by atoms with E-state index < -0.39 is 0 Å². The maximum absolute atomic E-state index is 11.2. The first-order valence-electron chi connectivity index (χ1n) is 5.09. The van der Waals surface area contributed by atoms with Crippen LogP contribution in [0.25, 0.3) is 0 Å². The highest BCUT2D eigenvalue weighted by Gasteiger charge is 2.05. The molecule has 2 N–H and O–H groups in total. The molecule has 0 rings (SSSR count). The minimum absolute atomic E-state index is 0.0401. The number of carbonyl (C=O) groups excluding carboxylic acids is 1. The third-order valence-electron chi connectivity index (χ3n) is 1.75. The second kappa shape index (κ2) is 7.76. The van der Waals surface area contributed by atoms with Gasteiger partial charge >= 0.3 is 0 Å². The number of nitrogens with one attached hydrogen (secondary N) is 2. The molecule has 0 saturated carbocycles. The van der Waals surface area contributed by atoms with Crippen LogP contribution in [0, 0.1) is 5.92 Å². The third kappa shape index (κ3) is 8.01. The van der Waals surface area contributed by atoms with Gasteiger partial charge in [-0.25, -0.2) is 0 Å². The molecule has 1 unspecified atom stereocenters. The lowest BCUT2D eigenvalue weighted by Crippen LogP contribution is -2.34. The van der Waals surface area contributed by atoms with Gasteiger partial charge in [-0.15, -0.1) is 0 Å². The smallest absolute Gasteiger partial charge is 0.246 e. The van der Waals surface area contributed by atoms with Crippen molar-refractivity contribution in [1.29, 1.82) is 0 Å². The standard InChI is InChI=1S/C10H22N2O2/c1-8(2)14-7-10(13)12-6-9(3)5-11-4/h8-9,11H,5-7H2,1-4H3,(H,12,13). The van der Waals surface area contributed by atoms with Crippen LogP contribution >= 0.6 is 0 Å². The molecule has 0 aliphatic heterocycles. The molecule has 0 aliphatic carbocycles. The van der Waals surface area contributed by atoms with Crippen LogP contribution in [0.5, 0.6) is 0 Å². The Kier molecular flexibility index (Phi) is 7.42. The van der Waals surface area contributed by atoms with E-state index in [9.17, 15) is 4.79 Å². The molecular formula is C10H22N2O2. The second-order valence-corrected chi connectivity index (χ2v) is 3.83. The van der Waals surface area contributed by atoms with Crippen LogP contribution in [0.2, 0.25) is 0 Å². The van der Waals surface area contributed by atoms with Gasteiger partial charge in [-0.2, -0.15) is 0 Å². The van der Waals surface area contributed by atoms with Crippen LogP contribution in [0.3, 0.4) is 0 Å². The van der Waals surface area contributed by atoms with Gasteiger partial charge in [0.25, 0.3) is 0 Å². The van der Waals surface area contributed by atoms with E-state index in [-0.39, 0.29) is 18.6 Å². The Hall–Kier alpha value is -0.610. The fourth-order valence-corrected chi connectivity index (χ4v) is 1.00. The number of hydrogen-bond acceptors (Lipinski definition) is 3. The number of amides is 1. The van der Waals surface area contributed by atoms with Gasteiger partial charge in [0.1, 0.15) is 6.61 Å². The van der Waals surface area contributed by atoms with Gasteiger partial charge in [-0.1, -0.05) is 6.92 Å². The fraction of sp³-hybridized carbons (Fsp3) is 0.900. The van der Waals surface area contributed by atoms with E-state index in [4.69, 9.17) is 4.74 Å². The minimum Gasteiger partial charge on any atom is -0.369 e. The van der Waals surface area contributed by atoms with Crippen molar-refractivity contribution in [1.82, 2.24) is 10.6 Å². The summed E-state index contributed by atoms with van der Waals surface area (Å²) in [6, 6.07) is 0. The minimum atomic E-state index is -0.0401. The van der Waals surface area contributed by atoms with Crippen molar-refractivity contribution in [3.05, 3.63) is 0 Å². The Labute approximate surface area is 86.4 Å². The summed E-state index contributed by atoms with van der Waals surface area (Å²) in [4.78, 5) is 11.2. The number of rotatable bonds is 7. The van der Waals surface area contributed by atoms with Crippen LogP contribution < -0.4 is 10.6 Å². The summed E-state index contributed by atoms with van der Waals surface area (Å²) >= 11 is 0. The first-order chi connectivity index (χ1) is 6.56. The van der Waals surface area contributed by atoms with E-state index >= 15 is 0 Å². The van der Waals surface area contributed by atoms with Gasteiger partial charge in [-0.05, 0) is 33.4 Å². The normalized spacial score (nSPS) is 12.9. The molecule has 4 nitrogen and oxygen atoms in total. The van der Waals surface area contributed by atoms with Crippen LogP contribution in [-0.2, 0) is 9.53 Å². The maximum atomic E-state index is 11.2. The molecule has 14 heavy (non-hydrogen) atoms. The summed E-state index contributed by atoms with van der Waals surface area (Å²) in [5.74, 6) is 0.407. The molecule has 0 bridgehead atoms. The van der Waals surface area contributed by atoms with Gasteiger partial charge in [0, 0.05) is 6.54 Å². The highest BCUT2D eigenvalue weighted by Crippen LogP contribution is 1.90. The Morgan fingerprint density at radius 1 is 1.29 bits per heavy atom. The topological polar surface area (TPSA) is 50.4 Å². The summed E-state index contributed by atoms with van der Waals surface area (Å²) in [7, 11) is 1.90. The van der Waals surface area contributed by atoms with Crippen molar-refractivity contribution in [3.63, 3.8) is 0 Å². The third-order valence-corrected chi connectivity index (χ3v) is 1.75. The molecule has 0 aromatic carbocycles. The highest BCUT2D eigenvalue weighted by atomic mass is 16.5. The summed E-state index contributed by atoms with van der Waals surface area (Å²) < 4.78 is 5.17. The zero-order chi connectivity index (χ0) is 11.0. The Bertz CT molecular complexity index is 160. The average molecular weight is 202 g/mol. The molecule has 84 valence electrons. The SMILES string of the molecule is CNCC(C)CNC(=O)COC(C)C. The van der Waals surface area contributed by atoms with Crippen LogP contribution in [0.4, 0.5) is 0 Å². The number of hydrogen-bond donors (Lipinski definition) is 2. The van der Waals surface area contributed by atoms with Crippen LogP contribution in [-0.4, -0.2) is 38.8 Å². The van der Waals surface area contributed by atoms with Gasteiger partial charge in [0.05, 0.1) is 6.10 Å². The molecule has 0 spiro atoms. The van der Waals surface area contributed by atoms with E-state index in [2.05, 4.69) is 17.6 Å². The summed E-state index contributed by atoms with van der Waals surface area (Å²) in [5, 5.41) is 5.88. The zero-order valence-corrected chi connectivity index (χ0v) is 9.59. The van der Waals surface area contributed by atoms with Gasteiger partial charge in [0.2, 0.25) is 5.91 Å². The quantitative estimate of drug-likeness (QED) is 0.627. The molecule has 0 aromatic rings. The lowest BCUT2D eigenvalue weighted by molar-refractivity contribution is -0.127. The van der Waals surface area contributed by atoms with Gasteiger partial charge < -0.3 is 15.4 Å². The average Bonchev–Trinajstić information content (AvgIpc) is 2.12. The maximum Gasteiger partial charge on any atom is 0.246 e. The van der Waals surface area contributed by atoms with Crippen molar-refractivity contribution in [3.8, 4) is 0 Å². The molecular weight excluding hydrogens is 180 g/mol. The fourth-order valence-electron chi connectivity index (χ4n) is 1.00. The number of carbonyl (C=O) groups is 1. The molecule has 1 amide bonds. The van der Waals surface area contributed by atoms with E-state index in [0.29, 0.717) is 12.5 Å². The highest BCUT2D eigenvalue weighted by molar-refractivity contribution is 5.77. The molecule has 4 heteroatoms. The predicted molar refractivity (Wildman–Crippen MR) is 57.2 cm³/mol. The van der Waals surface area contributed by atoms with Crippen LogP contribution in [0.1, 0.15) is 20.8 Å². The van der Waals surface area contributed by atoms with Crippen molar-refractivity contribution in [2.75, 3.05) is 26.7 Å². The lowest BCUT2D eigenvalue weighted by atomic mass is 10.2. The molecule has 0 heterocycles. The summed E-state index contributed by atoms with van der Waals surface area (Å²) in [6.07, 6.45) is 0.107.